The van der Waals surface area contributed by atoms with E-state index in [9.17, 15) is 18.0 Å². The first-order chi connectivity index (χ1) is 8.23. The molecule has 3 N–H and O–H groups in total. The molecule has 100 valence electrons. The molecule has 0 spiro atoms. The van der Waals surface area contributed by atoms with Crippen molar-refractivity contribution in [2.24, 2.45) is 11.7 Å². The Kier molecular flexibility index (Phi) is 4.10. The van der Waals surface area contributed by atoms with E-state index in [1.807, 2.05) is 0 Å². The molecule has 5 nitrogen and oxygen atoms in total. The third kappa shape index (κ3) is 3.31. The summed E-state index contributed by atoms with van der Waals surface area (Å²) in [7, 11) is 0. The van der Waals surface area contributed by atoms with Crippen molar-refractivity contribution < 1.29 is 18.0 Å². The molecule has 0 aliphatic rings. The number of rotatable bonds is 3. The molecule has 1 aromatic heterocycles. The van der Waals surface area contributed by atoms with Crippen molar-refractivity contribution in [1.82, 2.24) is 15.3 Å². The number of hydrogen-bond donors (Lipinski definition) is 2. The summed E-state index contributed by atoms with van der Waals surface area (Å²) in [6.45, 7) is 3.32. The number of carbonyl (C=O) groups excluding carboxylic acids is 1. The van der Waals surface area contributed by atoms with E-state index in [1.54, 1.807) is 13.8 Å². The van der Waals surface area contributed by atoms with Crippen molar-refractivity contribution in [3.63, 3.8) is 0 Å². The number of carbonyl (C=O) groups is 1. The van der Waals surface area contributed by atoms with E-state index in [0.717, 1.165) is 12.5 Å². The van der Waals surface area contributed by atoms with Crippen LogP contribution in [0.25, 0.3) is 0 Å². The highest BCUT2D eigenvalue weighted by molar-refractivity contribution is 5.72. The van der Waals surface area contributed by atoms with Gasteiger partial charge in [-0.2, -0.15) is 13.2 Å². The van der Waals surface area contributed by atoms with E-state index < -0.39 is 23.9 Å². The van der Waals surface area contributed by atoms with Crippen molar-refractivity contribution in [3.05, 3.63) is 23.8 Å². The molecule has 0 radical (unpaired) electrons. The van der Waals surface area contributed by atoms with Gasteiger partial charge in [-0.15, -0.1) is 0 Å². The number of nitrogens with one attached hydrogen (secondary N) is 1. The lowest BCUT2D eigenvalue weighted by atomic mass is 9.96. The molecule has 0 aliphatic heterocycles. The van der Waals surface area contributed by atoms with Crippen LogP contribution in [-0.4, -0.2) is 16.0 Å². The number of primary amides is 1. The van der Waals surface area contributed by atoms with E-state index in [0.29, 0.717) is 0 Å². The van der Waals surface area contributed by atoms with Crippen LogP contribution in [0.1, 0.15) is 31.1 Å². The Balaban J connectivity index is 3.24. The van der Waals surface area contributed by atoms with Crippen molar-refractivity contribution in [1.29, 1.82) is 0 Å². The van der Waals surface area contributed by atoms with E-state index >= 15 is 0 Å². The first-order valence-corrected chi connectivity index (χ1v) is 5.16. The molecule has 0 saturated heterocycles. The Hall–Kier alpha value is -1.86. The Morgan fingerprint density at radius 3 is 2.50 bits per heavy atom. The summed E-state index contributed by atoms with van der Waals surface area (Å²) >= 11 is 0. The molecule has 1 heterocycles. The Labute approximate surface area is 102 Å². The van der Waals surface area contributed by atoms with Gasteiger partial charge in [0.1, 0.15) is 6.33 Å². The SMILES string of the molecule is CC(C)C(NC(N)=O)c1cncnc1C(F)(F)F. The number of alkyl halides is 3. The van der Waals surface area contributed by atoms with Crippen LogP contribution >= 0.6 is 0 Å². The van der Waals surface area contributed by atoms with Crippen LogP contribution in [0.5, 0.6) is 0 Å². The number of nitrogens with two attached hydrogens (primary N) is 1. The predicted molar refractivity (Wildman–Crippen MR) is 57.3 cm³/mol. The van der Waals surface area contributed by atoms with Crippen LogP contribution in [0.4, 0.5) is 18.0 Å². The van der Waals surface area contributed by atoms with Gasteiger partial charge in [0.25, 0.3) is 0 Å². The fourth-order valence-electron chi connectivity index (χ4n) is 1.56. The number of amides is 2. The van der Waals surface area contributed by atoms with Crippen molar-refractivity contribution in [2.45, 2.75) is 26.1 Å². The summed E-state index contributed by atoms with van der Waals surface area (Å²) in [6.07, 6.45) is -2.75. The largest absolute Gasteiger partial charge is 0.433 e. The van der Waals surface area contributed by atoms with E-state index in [-0.39, 0.29) is 11.5 Å². The molecular weight excluding hydrogens is 249 g/mol. The normalized spacial score (nSPS) is 13.4. The highest BCUT2D eigenvalue weighted by Gasteiger charge is 2.38. The molecule has 2 amide bonds. The molecule has 1 rings (SSSR count). The first-order valence-electron chi connectivity index (χ1n) is 5.16. The van der Waals surface area contributed by atoms with Crippen molar-refractivity contribution >= 4 is 6.03 Å². The third-order valence-corrected chi connectivity index (χ3v) is 2.31. The molecule has 18 heavy (non-hydrogen) atoms. The average Bonchev–Trinajstić information content (AvgIpc) is 2.24. The lowest BCUT2D eigenvalue weighted by molar-refractivity contribution is -0.142. The zero-order valence-electron chi connectivity index (χ0n) is 9.82. The monoisotopic (exact) mass is 262 g/mol. The van der Waals surface area contributed by atoms with Crippen LogP contribution in [0.2, 0.25) is 0 Å². The molecule has 0 aromatic carbocycles. The van der Waals surface area contributed by atoms with Crippen molar-refractivity contribution in [2.75, 3.05) is 0 Å². The Morgan fingerprint density at radius 2 is 2.06 bits per heavy atom. The van der Waals surface area contributed by atoms with Crippen LogP contribution in [0.15, 0.2) is 12.5 Å². The van der Waals surface area contributed by atoms with Crippen LogP contribution < -0.4 is 11.1 Å². The number of halogens is 3. The summed E-state index contributed by atoms with van der Waals surface area (Å²) in [4.78, 5) is 17.6. The second-order valence-corrected chi connectivity index (χ2v) is 4.05. The molecule has 0 saturated carbocycles. The van der Waals surface area contributed by atoms with E-state index in [2.05, 4.69) is 15.3 Å². The molecule has 1 atom stereocenters. The van der Waals surface area contributed by atoms with Gasteiger partial charge in [0.2, 0.25) is 0 Å². The van der Waals surface area contributed by atoms with Crippen LogP contribution in [0, 0.1) is 5.92 Å². The fraction of sp³-hybridized carbons (Fsp3) is 0.500. The molecule has 1 unspecified atom stereocenters. The standard InChI is InChI=1S/C10H13F3N4O/c1-5(2)7(17-9(14)18)6-3-15-4-16-8(6)10(11,12)13/h3-5,7H,1-2H3,(H3,14,17,18). The lowest BCUT2D eigenvalue weighted by Crippen LogP contribution is -2.37. The summed E-state index contributed by atoms with van der Waals surface area (Å²) < 4.78 is 38.3. The maximum atomic E-state index is 12.8. The Morgan fingerprint density at radius 1 is 1.44 bits per heavy atom. The third-order valence-electron chi connectivity index (χ3n) is 2.31. The molecule has 8 heteroatoms. The Bertz CT molecular complexity index is 433. The topological polar surface area (TPSA) is 80.9 Å². The van der Waals surface area contributed by atoms with Gasteiger partial charge in [0.05, 0.1) is 6.04 Å². The second-order valence-electron chi connectivity index (χ2n) is 4.05. The first kappa shape index (κ1) is 14.2. The number of urea groups is 1. The maximum absolute atomic E-state index is 12.8. The number of aromatic nitrogens is 2. The predicted octanol–water partition coefficient (Wildman–Crippen LogP) is 1.86. The maximum Gasteiger partial charge on any atom is 0.433 e. The fourth-order valence-corrected chi connectivity index (χ4v) is 1.56. The summed E-state index contributed by atoms with van der Waals surface area (Å²) in [5, 5.41) is 2.27. The van der Waals surface area contributed by atoms with Crippen molar-refractivity contribution in [3.8, 4) is 0 Å². The minimum absolute atomic E-state index is 0.196. The van der Waals surface area contributed by atoms with Gasteiger partial charge in [-0.25, -0.2) is 14.8 Å². The molecule has 1 aromatic rings. The van der Waals surface area contributed by atoms with Gasteiger partial charge >= 0.3 is 12.2 Å². The molecule has 0 bridgehead atoms. The molecule has 0 fully saturated rings. The highest BCUT2D eigenvalue weighted by Crippen LogP contribution is 2.34. The summed E-state index contributed by atoms with van der Waals surface area (Å²) in [5.74, 6) is -0.287. The number of nitrogens with zero attached hydrogens (tertiary/aromatic N) is 2. The lowest BCUT2D eigenvalue weighted by Gasteiger charge is -2.23. The zero-order valence-corrected chi connectivity index (χ0v) is 9.82. The van der Waals surface area contributed by atoms with Gasteiger partial charge in [0.15, 0.2) is 5.69 Å². The molecule has 0 aliphatic carbocycles. The van der Waals surface area contributed by atoms with Gasteiger partial charge < -0.3 is 11.1 Å². The second kappa shape index (κ2) is 5.19. The minimum atomic E-state index is -4.61. The van der Waals surface area contributed by atoms with Gasteiger partial charge in [-0.05, 0) is 5.92 Å². The molecular formula is C10H13F3N4O. The van der Waals surface area contributed by atoms with Crippen LogP contribution in [0.3, 0.4) is 0 Å². The van der Waals surface area contributed by atoms with Gasteiger partial charge in [-0.1, -0.05) is 13.8 Å². The summed E-state index contributed by atoms with van der Waals surface area (Å²) in [6, 6.07) is -1.79. The van der Waals surface area contributed by atoms with Crippen LogP contribution in [-0.2, 0) is 6.18 Å². The van der Waals surface area contributed by atoms with E-state index in [4.69, 9.17) is 5.73 Å². The quantitative estimate of drug-likeness (QED) is 0.872. The van der Waals surface area contributed by atoms with E-state index in [1.165, 1.54) is 0 Å². The zero-order chi connectivity index (χ0) is 13.9. The number of hydrogen-bond acceptors (Lipinski definition) is 3. The average molecular weight is 262 g/mol. The smallest absolute Gasteiger partial charge is 0.352 e. The van der Waals surface area contributed by atoms with Gasteiger partial charge in [0, 0.05) is 11.8 Å². The highest BCUT2D eigenvalue weighted by atomic mass is 19.4. The minimum Gasteiger partial charge on any atom is -0.352 e. The summed E-state index contributed by atoms with van der Waals surface area (Å²) in [5.41, 5.74) is 3.70. The van der Waals surface area contributed by atoms with Gasteiger partial charge in [-0.3, -0.25) is 0 Å².